The molecular weight excluding hydrogens is 226 g/mol. The van der Waals surface area contributed by atoms with Crippen molar-refractivity contribution in [3.05, 3.63) is 23.2 Å². The van der Waals surface area contributed by atoms with Gasteiger partial charge in [-0.3, -0.25) is 0 Å². The zero-order valence-electron chi connectivity index (χ0n) is 8.91. The quantitative estimate of drug-likeness (QED) is 0.817. The van der Waals surface area contributed by atoms with Crippen molar-refractivity contribution in [1.82, 2.24) is 5.32 Å². The summed E-state index contributed by atoms with van der Waals surface area (Å²) >= 11 is 5.91. The molecule has 1 aromatic carbocycles. The Morgan fingerprint density at radius 1 is 1.12 bits per heavy atom. The van der Waals surface area contributed by atoms with Crippen molar-refractivity contribution in [1.29, 1.82) is 0 Å². The Bertz CT molecular complexity index is 391. The van der Waals surface area contributed by atoms with Gasteiger partial charge in [0.25, 0.3) is 0 Å². The number of ether oxygens (including phenoxy) is 2. The van der Waals surface area contributed by atoms with Crippen LogP contribution in [0.15, 0.2) is 18.2 Å². The van der Waals surface area contributed by atoms with Crippen LogP contribution in [-0.2, 0) is 0 Å². The van der Waals surface area contributed by atoms with Gasteiger partial charge in [-0.2, -0.15) is 0 Å². The minimum absolute atomic E-state index is 0.129. The lowest BCUT2D eigenvalue weighted by molar-refractivity contribution is -0.0149. The molecule has 0 amide bonds. The maximum absolute atomic E-state index is 5.91. The van der Waals surface area contributed by atoms with E-state index in [0.29, 0.717) is 10.9 Å². The Hall–Kier alpha value is -0.930. The molecule has 86 valence electrons. The smallest absolute Gasteiger partial charge is 0.244 e. The van der Waals surface area contributed by atoms with Gasteiger partial charge in [0.05, 0.1) is 0 Å². The van der Waals surface area contributed by atoms with Gasteiger partial charge >= 0.3 is 0 Å². The zero-order valence-corrected chi connectivity index (χ0v) is 9.67. The van der Waals surface area contributed by atoms with Gasteiger partial charge in [-0.05, 0) is 38.1 Å². The molecule has 2 aliphatic rings. The molecule has 1 N–H and O–H groups in total. The van der Waals surface area contributed by atoms with Gasteiger partial charge in [-0.25, -0.2) is 0 Å². The zero-order chi connectivity index (χ0) is 11.0. The molecule has 3 nitrogen and oxygen atoms in total. The molecule has 0 radical (unpaired) electrons. The number of hydrogen-bond donors (Lipinski definition) is 1. The highest BCUT2D eigenvalue weighted by Gasteiger charge is 2.32. The lowest BCUT2D eigenvalue weighted by Crippen LogP contribution is -2.37. The summed E-state index contributed by atoms with van der Waals surface area (Å²) in [5.74, 6) is 2.07. The summed E-state index contributed by atoms with van der Waals surface area (Å²) in [5, 5.41) is 4.02. The van der Waals surface area contributed by atoms with E-state index in [-0.39, 0.29) is 6.29 Å². The molecule has 1 atom stereocenters. The highest BCUT2D eigenvalue weighted by atomic mass is 35.5. The van der Waals surface area contributed by atoms with Crippen molar-refractivity contribution in [2.75, 3.05) is 13.1 Å². The third-order valence-corrected chi connectivity index (χ3v) is 3.40. The Balaban J connectivity index is 1.74. The van der Waals surface area contributed by atoms with E-state index in [0.717, 1.165) is 37.4 Å². The van der Waals surface area contributed by atoms with Crippen LogP contribution < -0.4 is 14.8 Å². The second kappa shape index (κ2) is 4.15. The van der Waals surface area contributed by atoms with Gasteiger partial charge in [0.1, 0.15) is 0 Å². The van der Waals surface area contributed by atoms with E-state index in [9.17, 15) is 0 Å². The maximum Gasteiger partial charge on any atom is 0.244 e. The number of fused-ring (bicyclic) bond motifs is 1. The van der Waals surface area contributed by atoms with E-state index in [1.54, 1.807) is 0 Å². The van der Waals surface area contributed by atoms with Crippen LogP contribution >= 0.6 is 11.6 Å². The van der Waals surface area contributed by atoms with Crippen molar-refractivity contribution < 1.29 is 9.47 Å². The molecule has 4 heteroatoms. The minimum Gasteiger partial charge on any atom is -0.451 e. The fourth-order valence-corrected chi connectivity index (χ4v) is 2.42. The van der Waals surface area contributed by atoms with Crippen LogP contribution in [0.4, 0.5) is 0 Å². The monoisotopic (exact) mass is 239 g/mol. The van der Waals surface area contributed by atoms with Gasteiger partial charge in [-0.1, -0.05) is 11.6 Å². The van der Waals surface area contributed by atoms with Crippen molar-refractivity contribution >= 4 is 11.6 Å². The van der Waals surface area contributed by atoms with Crippen molar-refractivity contribution in [3.63, 3.8) is 0 Å². The first-order chi connectivity index (χ1) is 7.83. The van der Waals surface area contributed by atoms with Crippen LogP contribution in [0.2, 0.25) is 5.02 Å². The van der Waals surface area contributed by atoms with E-state index in [1.165, 1.54) is 0 Å². The number of halogens is 1. The van der Waals surface area contributed by atoms with Crippen LogP contribution in [0.25, 0.3) is 0 Å². The largest absolute Gasteiger partial charge is 0.451 e. The summed E-state index contributed by atoms with van der Waals surface area (Å²) in [4.78, 5) is 0. The van der Waals surface area contributed by atoms with Gasteiger partial charge < -0.3 is 14.8 Å². The van der Waals surface area contributed by atoms with Crippen molar-refractivity contribution in [3.8, 4) is 11.5 Å². The van der Waals surface area contributed by atoms with Crippen molar-refractivity contribution in [2.24, 2.45) is 5.92 Å². The van der Waals surface area contributed by atoms with E-state index >= 15 is 0 Å². The molecule has 1 unspecified atom stereocenters. The Morgan fingerprint density at radius 2 is 1.88 bits per heavy atom. The fourth-order valence-electron chi connectivity index (χ4n) is 2.25. The SMILES string of the molecule is Clc1ccc2c(c1)OC(C1CCNCC1)O2. The minimum atomic E-state index is -0.129. The Morgan fingerprint density at radius 3 is 2.69 bits per heavy atom. The summed E-state index contributed by atoms with van der Waals surface area (Å²) in [7, 11) is 0. The third-order valence-electron chi connectivity index (χ3n) is 3.16. The topological polar surface area (TPSA) is 30.5 Å². The molecule has 1 aromatic rings. The van der Waals surface area contributed by atoms with Crippen LogP contribution in [-0.4, -0.2) is 19.4 Å². The first-order valence-corrected chi connectivity index (χ1v) is 6.04. The highest BCUT2D eigenvalue weighted by Crippen LogP contribution is 2.39. The molecule has 1 fully saturated rings. The Labute approximate surface area is 99.7 Å². The normalized spacial score (nSPS) is 24.7. The summed E-state index contributed by atoms with van der Waals surface area (Å²) in [6.45, 7) is 2.09. The average molecular weight is 240 g/mol. The molecule has 0 aliphatic carbocycles. The van der Waals surface area contributed by atoms with Gasteiger partial charge in [0.15, 0.2) is 11.5 Å². The molecule has 0 aromatic heterocycles. The molecule has 2 heterocycles. The number of hydrogen-bond acceptors (Lipinski definition) is 3. The molecular formula is C12H14ClNO2. The summed E-state index contributed by atoms with van der Waals surface area (Å²) < 4.78 is 11.6. The Kier molecular flexibility index (Phi) is 2.65. The van der Waals surface area contributed by atoms with Crippen LogP contribution in [0, 0.1) is 5.92 Å². The van der Waals surface area contributed by atoms with E-state index in [2.05, 4.69) is 5.32 Å². The van der Waals surface area contributed by atoms with E-state index in [4.69, 9.17) is 21.1 Å². The number of rotatable bonds is 1. The predicted molar refractivity (Wildman–Crippen MR) is 62.1 cm³/mol. The standard InChI is InChI=1S/C12H14ClNO2/c13-9-1-2-10-11(7-9)16-12(15-10)8-3-5-14-6-4-8/h1-2,7-8,12,14H,3-6H2. The summed E-state index contributed by atoms with van der Waals surface area (Å²) in [6.07, 6.45) is 2.08. The first kappa shape index (κ1) is 10.2. The molecule has 1 saturated heterocycles. The number of piperidine rings is 1. The first-order valence-electron chi connectivity index (χ1n) is 5.66. The number of benzene rings is 1. The fraction of sp³-hybridized carbons (Fsp3) is 0.500. The highest BCUT2D eigenvalue weighted by molar-refractivity contribution is 6.30. The second-order valence-corrected chi connectivity index (χ2v) is 4.72. The van der Waals surface area contributed by atoms with E-state index in [1.807, 2.05) is 18.2 Å². The average Bonchev–Trinajstić information content (AvgIpc) is 2.73. The van der Waals surface area contributed by atoms with Crippen molar-refractivity contribution in [2.45, 2.75) is 19.1 Å². The van der Waals surface area contributed by atoms with Gasteiger partial charge in [0, 0.05) is 17.0 Å². The second-order valence-electron chi connectivity index (χ2n) is 4.28. The van der Waals surface area contributed by atoms with Gasteiger partial charge in [0.2, 0.25) is 6.29 Å². The lowest BCUT2D eigenvalue weighted by atomic mass is 9.98. The third kappa shape index (κ3) is 1.85. The van der Waals surface area contributed by atoms with E-state index < -0.39 is 0 Å². The predicted octanol–water partition coefficient (Wildman–Crippen LogP) is 2.44. The molecule has 16 heavy (non-hydrogen) atoms. The molecule has 2 aliphatic heterocycles. The molecule has 0 bridgehead atoms. The van der Waals surface area contributed by atoms with Crippen LogP contribution in [0.3, 0.4) is 0 Å². The lowest BCUT2D eigenvalue weighted by Gasteiger charge is -2.26. The van der Waals surface area contributed by atoms with Gasteiger partial charge in [-0.15, -0.1) is 0 Å². The molecule has 0 saturated carbocycles. The van der Waals surface area contributed by atoms with Crippen LogP contribution in [0.1, 0.15) is 12.8 Å². The maximum atomic E-state index is 5.91. The molecule has 0 spiro atoms. The summed E-state index contributed by atoms with van der Waals surface area (Å²) in [5.41, 5.74) is 0. The summed E-state index contributed by atoms with van der Waals surface area (Å²) in [6, 6.07) is 5.52. The van der Waals surface area contributed by atoms with Crippen LogP contribution in [0.5, 0.6) is 11.5 Å². The molecule has 3 rings (SSSR count). The number of nitrogens with one attached hydrogen (secondary N) is 1.